The molecule has 0 aliphatic heterocycles. The number of nitrogens with one attached hydrogen (secondary N) is 1. The lowest BCUT2D eigenvalue weighted by molar-refractivity contribution is -0.140. The van der Waals surface area contributed by atoms with Gasteiger partial charge in [0.25, 0.3) is 5.91 Å². The van der Waals surface area contributed by atoms with E-state index in [0.29, 0.717) is 5.56 Å². The van der Waals surface area contributed by atoms with E-state index in [1.54, 1.807) is 6.07 Å². The molecule has 6 heteroatoms. The predicted molar refractivity (Wildman–Crippen MR) is 79.5 cm³/mol. The van der Waals surface area contributed by atoms with Gasteiger partial charge in [0.2, 0.25) is 0 Å². The van der Waals surface area contributed by atoms with Crippen LogP contribution in [0.3, 0.4) is 0 Å². The third kappa shape index (κ3) is 4.19. The van der Waals surface area contributed by atoms with Crippen LogP contribution in [0.25, 0.3) is 0 Å². The van der Waals surface area contributed by atoms with Gasteiger partial charge < -0.3 is 19.7 Å². The van der Waals surface area contributed by atoms with Gasteiger partial charge in [-0.25, -0.2) is 4.79 Å². The summed E-state index contributed by atoms with van der Waals surface area (Å²) in [6.45, 7) is 10.1. The van der Waals surface area contributed by atoms with Gasteiger partial charge in [-0.05, 0) is 26.8 Å². The molecule has 0 spiro atoms. The summed E-state index contributed by atoms with van der Waals surface area (Å²) in [5.41, 5.74) is 2.28. The lowest BCUT2D eigenvalue weighted by Crippen LogP contribution is -2.44. The number of carboxylic acid groups (broad SMARTS) is 1. The number of rotatable bonds is 8. The summed E-state index contributed by atoms with van der Waals surface area (Å²) in [6.07, 6.45) is 1.52. The van der Waals surface area contributed by atoms with E-state index in [9.17, 15) is 9.59 Å². The van der Waals surface area contributed by atoms with Crippen molar-refractivity contribution in [3.63, 3.8) is 0 Å². The monoisotopic (exact) mass is 294 g/mol. The molecule has 1 atom stereocenters. The molecular formula is C15H22N2O4. The van der Waals surface area contributed by atoms with Crippen molar-refractivity contribution < 1.29 is 19.4 Å². The standard InChI is InChI=1S/C15H22N2O4/c1-5-7-21-9-13(15(19)20)16-14(18)12-8-10(3)17(6-2)11(12)4/h5,8,13H,1,6-7,9H2,2-4H3,(H,16,18)(H,19,20). The Kier molecular flexibility index (Phi) is 6.17. The second kappa shape index (κ2) is 7.64. The maximum Gasteiger partial charge on any atom is 0.328 e. The summed E-state index contributed by atoms with van der Waals surface area (Å²) in [7, 11) is 0. The van der Waals surface area contributed by atoms with Crippen LogP contribution in [0.4, 0.5) is 0 Å². The van der Waals surface area contributed by atoms with E-state index in [0.717, 1.165) is 17.9 Å². The Labute approximate surface area is 124 Å². The SMILES string of the molecule is C=CCOCC(NC(=O)c1cc(C)n(CC)c1C)C(=O)O. The summed E-state index contributed by atoms with van der Waals surface area (Å²) in [5.74, 6) is -1.53. The van der Waals surface area contributed by atoms with Gasteiger partial charge in [-0.3, -0.25) is 4.79 Å². The highest BCUT2D eigenvalue weighted by Crippen LogP contribution is 2.15. The fraction of sp³-hybridized carbons (Fsp3) is 0.467. The first-order valence-electron chi connectivity index (χ1n) is 6.81. The fourth-order valence-electron chi connectivity index (χ4n) is 2.20. The minimum absolute atomic E-state index is 0.0976. The molecule has 6 nitrogen and oxygen atoms in total. The van der Waals surface area contributed by atoms with Crippen LogP contribution in [0.2, 0.25) is 0 Å². The number of carbonyl (C=O) groups excluding carboxylic acids is 1. The van der Waals surface area contributed by atoms with Crippen LogP contribution in [0.15, 0.2) is 18.7 Å². The largest absolute Gasteiger partial charge is 0.480 e. The van der Waals surface area contributed by atoms with Crippen molar-refractivity contribution in [2.45, 2.75) is 33.4 Å². The summed E-state index contributed by atoms with van der Waals surface area (Å²) in [5, 5.41) is 11.6. The van der Waals surface area contributed by atoms with Crippen LogP contribution < -0.4 is 5.32 Å². The van der Waals surface area contributed by atoms with Crippen LogP contribution in [0.1, 0.15) is 28.7 Å². The van der Waals surface area contributed by atoms with Crippen molar-refractivity contribution in [1.29, 1.82) is 0 Å². The molecule has 2 N–H and O–H groups in total. The molecule has 0 saturated carbocycles. The predicted octanol–water partition coefficient (Wildman–Crippen LogP) is 1.51. The maximum atomic E-state index is 12.2. The Morgan fingerprint density at radius 3 is 2.67 bits per heavy atom. The van der Waals surface area contributed by atoms with Crippen LogP contribution in [0, 0.1) is 13.8 Å². The van der Waals surface area contributed by atoms with E-state index in [1.165, 1.54) is 6.08 Å². The molecule has 0 radical (unpaired) electrons. The molecule has 0 aliphatic carbocycles. The van der Waals surface area contributed by atoms with E-state index in [-0.39, 0.29) is 13.2 Å². The van der Waals surface area contributed by atoms with Gasteiger partial charge in [0.1, 0.15) is 0 Å². The second-order valence-corrected chi connectivity index (χ2v) is 4.72. The number of nitrogens with zero attached hydrogens (tertiary/aromatic N) is 1. The van der Waals surface area contributed by atoms with Gasteiger partial charge in [-0.2, -0.15) is 0 Å². The quantitative estimate of drug-likeness (QED) is 0.562. The molecule has 0 aromatic carbocycles. The van der Waals surface area contributed by atoms with Crippen LogP contribution >= 0.6 is 0 Å². The minimum atomic E-state index is -1.13. The molecule has 1 amide bonds. The number of hydrogen-bond acceptors (Lipinski definition) is 3. The number of ether oxygens (including phenoxy) is 1. The Bertz CT molecular complexity index is 534. The van der Waals surface area contributed by atoms with Gasteiger partial charge in [-0.15, -0.1) is 6.58 Å². The first kappa shape index (κ1) is 17.0. The van der Waals surface area contributed by atoms with E-state index in [1.807, 2.05) is 25.3 Å². The first-order valence-corrected chi connectivity index (χ1v) is 6.81. The molecule has 1 heterocycles. The number of carbonyl (C=O) groups is 2. The highest BCUT2D eigenvalue weighted by molar-refractivity contribution is 5.97. The number of carboxylic acids is 1. The van der Waals surface area contributed by atoms with Gasteiger partial charge in [0.15, 0.2) is 6.04 Å². The van der Waals surface area contributed by atoms with Gasteiger partial charge in [-0.1, -0.05) is 6.08 Å². The lowest BCUT2D eigenvalue weighted by Gasteiger charge is -2.14. The zero-order chi connectivity index (χ0) is 16.0. The third-order valence-corrected chi connectivity index (χ3v) is 3.26. The molecule has 1 unspecified atom stereocenters. The van der Waals surface area contributed by atoms with Crippen LogP contribution in [-0.2, 0) is 16.1 Å². The highest BCUT2D eigenvalue weighted by atomic mass is 16.5. The molecular weight excluding hydrogens is 272 g/mol. The molecule has 1 aromatic heterocycles. The number of aryl methyl sites for hydroxylation is 1. The molecule has 1 aromatic rings. The van der Waals surface area contributed by atoms with E-state index in [4.69, 9.17) is 9.84 Å². The van der Waals surface area contributed by atoms with E-state index >= 15 is 0 Å². The fourth-order valence-corrected chi connectivity index (χ4v) is 2.20. The first-order chi connectivity index (χ1) is 9.92. The van der Waals surface area contributed by atoms with Crippen molar-refractivity contribution in [3.8, 4) is 0 Å². The summed E-state index contributed by atoms with van der Waals surface area (Å²) in [6, 6.07) is 0.680. The Hall–Kier alpha value is -2.08. The molecule has 0 saturated heterocycles. The van der Waals surface area contributed by atoms with Crippen molar-refractivity contribution >= 4 is 11.9 Å². The molecule has 0 bridgehead atoms. The number of aliphatic carboxylic acids is 1. The molecule has 21 heavy (non-hydrogen) atoms. The Morgan fingerprint density at radius 1 is 1.52 bits per heavy atom. The lowest BCUT2D eigenvalue weighted by atomic mass is 10.2. The van der Waals surface area contributed by atoms with Crippen LogP contribution in [0.5, 0.6) is 0 Å². The zero-order valence-electron chi connectivity index (χ0n) is 12.7. The van der Waals surface area contributed by atoms with Gasteiger partial charge >= 0.3 is 5.97 Å². The Balaban J connectivity index is 2.82. The minimum Gasteiger partial charge on any atom is -0.480 e. The summed E-state index contributed by atoms with van der Waals surface area (Å²) >= 11 is 0. The van der Waals surface area contributed by atoms with Crippen molar-refractivity contribution in [3.05, 3.63) is 35.7 Å². The third-order valence-electron chi connectivity index (χ3n) is 3.26. The van der Waals surface area contributed by atoms with Crippen LogP contribution in [-0.4, -0.2) is 40.8 Å². The average Bonchev–Trinajstić information content (AvgIpc) is 2.72. The van der Waals surface area contributed by atoms with Crippen molar-refractivity contribution in [1.82, 2.24) is 9.88 Å². The number of amides is 1. The molecule has 0 fully saturated rings. The number of hydrogen-bond donors (Lipinski definition) is 2. The Morgan fingerprint density at radius 2 is 2.19 bits per heavy atom. The van der Waals surface area contributed by atoms with E-state index < -0.39 is 17.9 Å². The van der Waals surface area contributed by atoms with Crippen molar-refractivity contribution in [2.24, 2.45) is 0 Å². The van der Waals surface area contributed by atoms with Gasteiger partial charge in [0, 0.05) is 17.9 Å². The average molecular weight is 294 g/mol. The molecule has 1 rings (SSSR count). The van der Waals surface area contributed by atoms with E-state index in [2.05, 4.69) is 11.9 Å². The molecule has 116 valence electrons. The number of aromatic nitrogens is 1. The summed E-state index contributed by atoms with van der Waals surface area (Å²) < 4.78 is 7.10. The topological polar surface area (TPSA) is 80.6 Å². The van der Waals surface area contributed by atoms with Crippen molar-refractivity contribution in [2.75, 3.05) is 13.2 Å². The zero-order valence-corrected chi connectivity index (χ0v) is 12.7. The smallest absolute Gasteiger partial charge is 0.328 e. The normalized spacial score (nSPS) is 12.0. The van der Waals surface area contributed by atoms with Gasteiger partial charge in [0.05, 0.1) is 18.8 Å². The maximum absolute atomic E-state index is 12.2. The highest BCUT2D eigenvalue weighted by Gasteiger charge is 2.23. The molecule has 0 aliphatic rings. The summed E-state index contributed by atoms with van der Waals surface area (Å²) in [4.78, 5) is 23.4. The second-order valence-electron chi connectivity index (χ2n) is 4.72.